The lowest BCUT2D eigenvalue weighted by Crippen LogP contribution is -2.13. The van der Waals surface area contributed by atoms with Gasteiger partial charge in [0.1, 0.15) is 0 Å². The first-order valence-corrected chi connectivity index (χ1v) is 4.10. The Morgan fingerprint density at radius 1 is 1.55 bits per heavy atom. The first-order chi connectivity index (χ1) is 5.38. The maximum absolute atomic E-state index is 4.19. The molecule has 0 fully saturated rings. The molecule has 0 aliphatic heterocycles. The van der Waals surface area contributed by atoms with E-state index in [2.05, 4.69) is 29.1 Å². The largest absolute Gasteiger partial charge is 0.347 e. The SMILES string of the molecule is CCNCc1[nH]cnc1CC. The fraction of sp³-hybridized carbons (Fsp3) is 0.625. The molecule has 0 radical (unpaired) electrons. The molecule has 1 aromatic heterocycles. The van der Waals surface area contributed by atoms with E-state index in [-0.39, 0.29) is 0 Å². The Morgan fingerprint density at radius 3 is 3.00 bits per heavy atom. The van der Waals surface area contributed by atoms with Crippen LogP contribution in [0.4, 0.5) is 0 Å². The van der Waals surface area contributed by atoms with E-state index in [0.29, 0.717) is 0 Å². The van der Waals surface area contributed by atoms with Crippen LogP contribution in [0, 0.1) is 0 Å². The Balaban J connectivity index is 2.54. The van der Waals surface area contributed by atoms with Gasteiger partial charge in [-0.05, 0) is 13.0 Å². The number of aromatic nitrogens is 2. The van der Waals surface area contributed by atoms with Gasteiger partial charge in [-0.1, -0.05) is 13.8 Å². The molecule has 11 heavy (non-hydrogen) atoms. The number of imidazole rings is 1. The van der Waals surface area contributed by atoms with Gasteiger partial charge in [0.2, 0.25) is 0 Å². The number of aromatic amines is 1. The number of rotatable bonds is 4. The fourth-order valence-corrected chi connectivity index (χ4v) is 1.06. The minimum absolute atomic E-state index is 0.902. The summed E-state index contributed by atoms with van der Waals surface area (Å²) in [5.41, 5.74) is 2.39. The van der Waals surface area contributed by atoms with Crippen LogP contribution in [-0.4, -0.2) is 16.5 Å². The summed E-state index contributed by atoms with van der Waals surface area (Å²) in [6, 6.07) is 0. The third-order valence-corrected chi connectivity index (χ3v) is 1.69. The lowest BCUT2D eigenvalue weighted by atomic mass is 10.2. The summed E-state index contributed by atoms with van der Waals surface area (Å²) in [6.07, 6.45) is 2.76. The second kappa shape index (κ2) is 4.13. The third kappa shape index (κ3) is 2.05. The summed E-state index contributed by atoms with van der Waals surface area (Å²) in [6.45, 7) is 6.12. The molecule has 1 heterocycles. The van der Waals surface area contributed by atoms with Gasteiger partial charge >= 0.3 is 0 Å². The molecular weight excluding hydrogens is 138 g/mol. The Hall–Kier alpha value is -0.830. The topological polar surface area (TPSA) is 40.7 Å². The number of H-pyrrole nitrogens is 1. The summed E-state index contributed by atoms with van der Waals surface area (Å²) in [4.78, 5) is 7.31. The monoisotopic (exact) mass is 153 g/mol. The van der Waals surface area contributed by atoms with Gasteiger partial charge in [0, 0.05) is 6.54 Å². The maximum Gasteiger partial charge on any atom is 0.0925 e. The van der Waals surface area contributed by atoms with Crippen molar-refractivity contribution in [3.63, 3.8) is 0 Å². The predicted molar refractivity (Wildman–Crippen MR) is 45.3 cm³/mol. The van der Waals surface area contributed by atoms with Gasteiger partial charge in [-0.25, -0.2) is 4.98 Å². The highest BCUT2D eigenvalue weighted by Crippen LogP contribution is 2.01. The highest BCUT2D eigenvalue weighted by molar-refractivity contribution is 5.10. The molecule has 0 saturated carbocycles. The molecule has 0 unspecified atom stereocenters. The zero-order valence-corrected chi connectivity index (χ0v) is 7.15. The van der Waals surface area contributed by atoms with Crippen LogP contribution in [0.15, 0.2) is 6.33 Å². The van der Waals surface area contributed by atoms with E-state index in [4.69, 9.17) is 0 Å². The molecule has 0 bridgehead atoms. The number of nitrogens with zero attached hydrogens (tertiary/aromatic N) is 1. The summed E-state index contributed by atoms with van der Waals surface area (Å²) in [7, 11) is 0. The number of hydrogen-bond donors (Lipinski definition) is 2. The minimum Gasteiger partial charge on any atom is -0.347 e. The van der Waals surface area contributed by atoms with Gasteiger partial charge in [-0.15, -0.1) is 0 Å². The van der Waals surface area contributed by atoms with Crippen molar-refractivity contribution in [3.8, 4) is 0 Å². The highest BCUT2D eigenvalue weighted by Gasteiger charge is 2.00. The van der Waals surface area contributed by atoms with Gasteiger partial charge in [0.15, 0.2) is 0 Å². The molecule has 3 heteroatoms. The second-order valence-corrected chi connectivity index (χ2v) is 2.46. The highest BCUT2D eigenvalue weighted by atomic mass is 14.9. The zero-order chi connectivity index (χ0) is 8.10. The summed E-state index contributed by atoms with van der Waals surface area (Å²) >= 11 is 0. The Kier molecular flexibility index (Phi) is 3.11. The van der Waals surface area contributed by atoms with Crippen LogP contribution in [0.2, 0.25) is 0 Å². The van der Waals surface area contributed by atoms with Gasteiger partial charge in [-0.3, -0.25) is 0 Å². The first-order valence-electron chi connectivity index (χ1n) is 4.10. The van der Waals surface area contributed by atoms with Crippen LogP contribution in [0.3, 0.4) is 0 Å². The molecule has 2 N–H and O–H groups in total. The van der Waals surface area contributed by atoms with Gasteiger partial charge in [-0.2, -0.15) is 0 Å². The number of nitrogens with one attached hydrogen (secondary N) is 2. The van der Waals surface area contributed by atoms with Crippen LogP contribution in [0.5, 0.6) is 0 Å². The van der Waals surface area contributed by atoms with Crippen molar-refractivity contribution in [1.29, 1.82) is 0 Å². The van der Waals surface area contributed by atoms with E-state index >= 15 is 0 Å². The van der Waals surface area contributed by atoms with Crippen LogP contribution in [-0.2, 0) is 13.0 Å². The van der Waals surface area contributed by atoms with E-state index < -0.39 is 0 Å². The zero-order valence-electron chi connectivity index (χ0n) is 7.15. The van der Waals surface area contributed by atoms with Crippen molar-refractivity contribution in [2.24, 2.45) is 0 Å². The summed E-state index contributed by atoms with van der Waals surface area (Å²) in [5.74, 6) is 0. The summed E-state index contributed by atoms with van der Waals surface area (Å²) in [5, 5.41) is 3.25. The molecule has 1 rings (SSSR count). The molecule has 0 aliphatic carbocycles. The predicted octanol–water partition coefficient (Wildman–Crippen LogP) is 1.08. The molecule has 0 aromatic carbocycles. The Bertz CT molecular complexity index is 205. The van der Waals surface area contributed by atoms with Crippen molar-refractivity contribution in [2.45, 2.75) is 26.8 Å². The molecule has 0 spiro atoms. The number of hydrogen-bond acceptors (Lipinski definition) is 2. The van der Waals surface area contributed by atoms with Crippen LogP contribution < -0.4 is 5.32 Å². The first kappa shape index (κ1) is 8.27. The van der Waals surface area contributed by atoms with E-state index in [1.807, 2.05) is 0 Å². The normalized spacial score (nSPS) is 10.4. The van der Waals surface area contributed by atoms with Crippen LogP contribution in [0.25, 0.3) is 0 Å². The van der Waals surface area contributed by atoms with Gasteiger partial charge in [0.05, 0.1) is 17.7 Å². The maximum atomic E-state index is 4.19. The third-order valence-electron chi connectivity index (χ3n) is 1.69. The van der Waals surface area contributed by atoms with E-state index in [1.165, 1.54) is 11.4 Å². The van der Waals surface area contributed by atoms with E-state index in [1.54, 1.807) is 6.33 Å². The molecule has 3 nitrogen and oxygen atoms in total. The molecule has 0 atom stereocenters. The fourth-order valence-electron chi connectivity index (χ4n) is 1.06. The average Bonchev–Trinajstić information content (AvgIpc) is 2.47. The van der Waals surface area contributed by atoms with Crippen molar-refractivity contribution in [1.82, 2.24) is 15.3 Å². The van der Waals surface area contributed by atoms with Crippen molar-refractivity contribution in [2.75, 3.05) is 6.54 Å². The van der Waals surface area contributed by atoms with E-state index in [0.717, 1.165) is 19.5 Å². The van der Waals surface area contributed by atoms with E-state index in [9.17, 15) is 0 Å². The quantitative estimate of drug-likeness (QED) is 0.679. The van der Waals surface area contributed by atoms with Crippen LogP contribution >= 0.6 is 0 Å². The minimum atomic E-state index is 0.902. The van der Waals surface area contributed by atoms with Crippen LogP contribution in [0.1, 0.15) is 25.2 Å². The lowest BCUT2D eigenvalue weighted by molar-refractivity contribution is 0.707. The van der Waals surface area contributed by atoms with Gasteiger partial charge < -0.3 is 10.3 Å². The standard InChI is InChI=1S/C8H15N3/c1-3-7-8(5-9-4-2)11-6-10-7/h6,9H,3-5H2,1-2H3,(H,10,11). The van der Waals surface area contributed by atoms with Crippen molar-refractivity contribution >= 4 is 0 Å². The summed E-state index contributed by atoms with van der Waals surface area (Å²) < 4.78 is 0. The lowest BCUT2D eigenvalue weighted by Gasteiger charge is -1.99. The Labute approximate surface area is 67.2 Å². The molecule has 1 aromatic rings. The smallest absolute Gasteiger partial charge is 0.0925 e. The second-order valence-electron chi connectivity index (χ2n) is 2.46. The Morgan fingerprint density at radius 2 is 2.36 bits per heavy atom. The molecular formula is C8H15N3. The molecule has 0 amide bonds. The molecule has 0 saturated heterocycles. The molecule has 0 aliphatic rings. The van der Waals surface area contributed by atoms with Crippen molar-refractivity contribution < 1.29 is 0 Å². The van der Waals surface area contributed by atoms with Crippen molar-refractivity contribution in [3.05, 3.63) is 17.7 Å². The average molecular weight is 153 g/mol. The number of aryl methyl sites for hydroxylation is 1. The molecule has 62 valence electrons. The van der Waals surface area contributed by atoms with Gasteiger partial charge in [0.25, 0.3) is 0 Å².